The fourth-order valence-corrected chi connectivity index (χ4v) is 0.835. The molecule has 0 unspecified atom stereocenters. The number of hydrogen-bond donors (Lipinski definition) is 1. The Labute approximate surface area is 79.6 Å². The zero-order valence-electron chi connectivity index (χ0n) is 7.39. The maximum absolute atomic E-state index is 10.7. The Morgan fingerprint density at radius 2 is 2.00 bits per heavy atom. The Morgan fingerprint density at radius 1 is 1.43 bits per heavy atom. The van der Waals surface area contributed by atoms with Crippen molar-refractivity contribution in [2.24, 2.45) is 0 Å². The van der Waals surface area contributed by atoms with Gasteiger partial charge in [-0.1, -0.05) is 0 Å². The molecule has 0 fully saturated rings. The molecule has 1 rings (SSSR count). The summed E-state index contributed by atoms with van der Waals surface area (Å²) in [5, 5.41) is 12.7. The van der Waals surface area contributed by atoms with Crippen LogP contribution in [0, 0.1) is 10.1 Å². The number of nitro groups is 1. The number of nitrogens with zero attached hydrogens (tertiary/aromatic N) is 1. The monoisotopic (exact) mass is 196 g/mol. The molecule has 1 N–H and O–H groups in total. The highest BCUT2D eigenvalue weighted by atomic mass is 16.6. The van der Waals surface area contributed by atoms with Gasteiger partial charge in [-0.2, -0.15) is 0 Å². The summed E-state index contributed by atoms with van der Waals surface area (Å²) in [6.07, 6.45) is -0.612. The number of hydrogen-bond acceptors (Lipinski definition) is 4. The summed E-state index contributed by atoms with van der Waals surface area (Å²) in [4.78, 5) is 20.5. The van der Waals surface area contributed by atoms with E-state index in [9.17, 15) is 14.9 Å². The Balaban J connectivity index is 2.73. The Morgan fingerprint density at radius 3 is 2.43 bits per heavy atom. The first-order chi connectivity index (χ1) is 6.63. The average molecular weight is 196 g/mol. The molecule has 0 radical (unpaired) electrons. The van der Waals surface area contributed by atoms with E-state index in [0.29, 0.717) is 5.69 Å². The quantitative estimate of drug-likeness (QED) is 0.577. The highest BCUT2D eigenvalue weighted by Crippen LogP contribution is 2.15. The third-order valence-electron chi connectivity index (χ3n) is 1.51. The lowest BCUT2D eigenvalue weighted by atomic mass is 10.3. The minimum Gasteiger partial charge on any atom is -0.453 e. The molecule has 0 atom stereocenters. The van der Waals surface area contributed by atoms with Crippen molar-refractivity contribution in [1.29, 1.82) is 0 Å². The van der Waals surface area contributed by atoms with E-state index >= 15 is 0 Å². The zero-order valence-corrected chi connectivity index (χ0v) is 7.39. The van der Waals surface area contributed by atoms with E-state index in [1.807, 2.05) is 0 Å². The summed E-state index contributed by atoms with van der Waals surface area (Å²) < 4.78 is 4.35. The molecular weight excluding hydrogens is 188 g/mol. The predicted octanol–water partition coefficient (Wildman–Crippen LogP) is 1.77. The second kappa shape index (κ2) is 4.22. The van der Waals surface area contributed by atoms with Crippen molar-refractivity contribution in [3.63, 3.8) is 0 Å². The van der Waals surface area contributed by atoms with Gasteiger partial charge in [0.15, 0.2) is 0 Å². The van der Waals surface area contributed by atoms with Crippen LogP contribution in [0.15, 0.2) is 24.3 Å². The van der Waals surface area contributed by atoms with Crippen LogP contribution in [0.4, 0.5) is 16.2 Å². The molecule has 0 spiro atoms. The molecule has 0 heterocycles. The molecule has 0 saturated heterocycles. The van der Waals surface area contributed by atoms with Gasteiger partial charge in [-0.3, -0.25) is 15.4 Å². The summed E-state index contributed by atoms with van der Waals surface area (Å²) in [5.74, 6) is 0. The lowest BCUT2D eigenvalue weighted by Crippen LogP contribution is -2.10. The molecular formula is C8H8N2O4. The molecule has 74 valence electrons. The lowest BCUT2D eigenvalue weighted by molar-refractivity contribution is -0.384. The van der Waals surface area contributed by atoms with E-state index in [2.05, 4.69) is 10.1 Å². The number of ether oxygens (including phenoxy) is 1. The first-order valence-electron chi connectivity index (χ1n) is 3.73. The van der Waals surface area contributed by atoms with Crippen LogP contribution in [-0.4, -0.2) is 18.1 Å². The van der Waals surface area contributed by atoms with Crippen LogP contribution in [-0.2, 0) is 4.74 Å². The predicted molar refractivity (Wildman–Crippen MR) is 49.1 cm³/mol. The van der Waals surface area contributed by atoms with Gasteiger partial charge in [-0.15, -0.1) is 0 Å². The van der Waals surface area contributed by atoms with Gasteiger partial charge in [0.1, 0.15) is 0 Å². The largest absolute Gasteiger partial charge is 0.453 e. The third-order valence-corrected chi connectivity index (χ3v) is 1.51. The maximum Gasteiger partial charge on any atom is 0.411 e. The van der Waals surface area contributed by atoms with E-state index < -0.39 is 11.0 Å². The van der Waals surface area contributed by atoms with Crippen LogP contribution in [0.1, 0.15) is 0 Å². The Kier molecular flexibility index (Phi) is 3.01. The van der Waals surface area contributed by atoms with Crippen molar-refractivity contribution >= 4 is 17.5 Å². The molecule has 14 heavy (non-hydrogen) atoms. The third kappa shape index (κ3) is 2.44. The summed E-state index contributed by atoms with van der Waals surface area (Å²) in [6.45, 7) is 0. The molecule has 0 aliphatic carbocycles. The number of nitro benzene ring substituents is 1. The zero-order chi connectivity index (χ0) is 10.6. The highest BCUT2D eigenvalue weighted by Gasteiger charge is 2.05. The molecule has 0 aliphatic rings. The number of carbonyl (C=O) groups is 1. The van der Waals surface area contributed by atoms with Gasteiger partial charge in [0.2, 0.25) is 0 Å². The van der Waals surface area contributed by atoms with Crippen LogP contribution < -0.4 is 5.32 Å². The van der Waals surface area contributed by atoms with Crippen LogP contribution in [0.3, 0.4) is 0 Å². The standard InChI is InChI=1S/C8H8N2O4/c1-14-8(11)9-6-2-4-7(5-3-6)10(12)13/h2-5H,1H3,(H,9,11). The van der Waals surface area contributed by atoms with Crippen molar-refractivity contribution < 1.29 is 14.5 Å². The molecule has 0 saturated carbocycles. The summed E-state index contributed by atoms with van der Waals surface area (Å²) >= 11 is 0. The van der Waals surface area contributed by atoms with Gasteiger partial charge < -0.3 is 4.74 Å². The SMILES string of the molecule is COC(=O)Nc1ccc([N+](=O)[O-])cc1. The number of carbonyl (C=O) groups excluding carboxylic acids is 1. The summed E-state index contributed by atoms with van der Waals surface area (Å²) in [7, 11) is 1.24. The van der Waals surface area contributed by atoms with Gasteiger partial charge in [0.25, 0.3) is 5.69 Å². The van der Waals surface area contributed by atoms with Crippen molar-refractivity contribution in [2.45, 2.75) is 0 Å². The molecule has 1 aromatic rings. The first kappa shape index (κ1) is 9.97. The van der Waals surface area contributed by atoms with E-state index in [1.54, 1.807) is 0 Å². The van der Waals surface area contributed by atoms with Gasteiger partial charge in [0.05, 0.1) is 12.0 Å². The lowest BCUT2D eigenvalue weighted by Gasteiger charge is -2.01. The molecule has 0 aromatic heterocycles. The fraction of sp³-hybridized carbons (Fsp3) is 0.125. The van der Waals surface area contributed by atoms with E-state index in [1.165, 1.54) is 31.4 Å². The number of nitrogens with one attached hydrogen (secondary N) is 1. The number of benzene rings is 1. The van der Waals surface area contributed by atoms with Gasteiger partial charge in [0, 0.05) is 17.8 Å². The van der Waals surface area contributed by atoms with E-state index in [-0.39, 0.29) is 5.69 Å². The molecule has 0 aliphatic heterocycles. The van der Waals surface area contributed by atoms with Crippen LogP contribution in [0.2, 0.25) is 0 Å². The smallest absolute Gasteiger partial charge is 0.411 e. The van der Waals surface area contributed by atoms with Crippen LogP contribution >= 0.6 is 0 Å². The second-order valence-electron chi connectivity index (χ2n) is 2.42. The number of amides is 1. The van der Waals surface area contributed by atoms with Gasteiger partial charge in [-0.25, -0.2) is 4.79 Å². The molecule has 1 aromatic carbocycles. The molecule has 6 heteroatoms. The van der Waals surface area contributed by atoms with Crippen molar-refractivity contribution in [3.8, 4) is 0 Å². The van der Waals surface area contributed by atoms with Gasteiger partial charge >= 0.3 is 6.09 Å². The number of non-ortho nitro benzene ring substituents is 1. The summed E-state index contributed by atoms with van der Waals surface area (Å²) in [5.41, 5.74) is 0.419. The number of rotatable bonds is 2. The molecule has 6 nitrogen and oxygen atoms in total. The second-order valence-corrected chi connectivity index (χ2v) is 2.42. The first-order valence-corrected chi connectivity index (χ1v) is 3.73. The fourth-order valence-electron chi connectivity index (χ4n) is 0.835. The minimum atomic E-state index is -0.612. The number of anilines is 1. The normalized spacial score (nSPS) is 9.21. The Hall–Kier alpha value is -2.11. The van der Waals surface area contributed by atoms with Crippen LogP contribution in [0.5, 0.6) is 0 Å². The highest BCUT2D eigenvalue weighted by molar-refractivity contribution is 5.84. The maximum atomic E-state index is 10.7. The van der Waals surface area contributed by atoms with Crippen LogP contribution in [0.25, 0.3) is 0 Å². The van der Waals surface area contributed by atoms with Crippen molar-refractivity contribution in [2.75, 3.05) is 12.4 Å². The van der Waals surface area contributed by atoms with Crippen molar-refractivity contribution in [1.82, 2.24) is 0 Å². The van der Waals surface area contributed by atoms with E-state index in [4.69, 9.17) is 0 Å². The molecule has 1 amide bonds. The molecule has 0 bridgehead atoms. The van der Waals surface area contributed by atoms with Gasteiger partial charge in [-0.05, 0) is 12.1 Å². The minimum absolute atomic E-state index is 0.0274. The topological polar surface area (TPSA) is 81.5 Å². The average Bonchev–Trinajstić information content (AvgIpc) is 2.18. The van der Waals surface area contributed by atoms with Crippen molar-refractivity contribution in [3.05, 3.63) is 34.4 Å². The summed E-state index contributed by atoms with van der Waals surface area (Å²) in [6, 6.07) is 5.45. The number of methoxy groups -OCH3 is 1. The Bertz CT molecular complexity index is 347. The van der Waals surface area contributed by atoms with E-state index in [0.717, 1.165) is 0 Å².